The van der Waals surface area contributed by atoms with Gasteiger partial charge in [0, 0.05) is 42.7 Å². The molecule has 0 amide bonds. The van der Waals surface area contributed by atoms with Crippen LogP contribution >= 0.6 is 31.4 Å². The maximum Gasteiger partial charge on any atom is 0.514 e. The van der Waals surface area contributed by atoms with Crippen LogP contribution in [0.2, 0.25) is 0 Å². The topological polar surface area (TPSA) is 55.4 Å². The second-order valence-corrected chi connectivity index (χ2v) is 22.4. The zero-order valence-electron chi connectivity index (χ0n) is 28.0. The highest BCUT2D eigenvalue weighted by Gasteiger charge is 2.50. The van der Waals surface area contributed by atoms with E-state index in [0.29, 0.717) is 0 Å². The number of hydrogen-bond acceptors (Lipinski definition) is 9. The summed E-state index contributed by atoms with van der Waals surface area (Å²) < 4.78 is 35.6. The summed E-state index contributed by atoms with van der Waals surface area (Å²) in [7, 11) is 10.3. The predicted octanol–water partition coefficient (Wildman–Crippen LogP) is 10.4. The van der Waals surface area contributed by atoms with Crippen LogP contribution in [0.25, 0.3) is 0 Å². The minimum absolute atomic E-state index is 0.168. The van der Waals surface area contributed by atoms with Gasteiger partial charge >= 0.3 is 17.6 Å². The number of unbranched alkanes of at least 4 members (excludes halogenated alkanes) is 16. The van der Waals surface area contributed by atoms with Gasteiger partial charge in [0.25, 0.3) is 0 Å². The van der Waals surface area contributed by atoms with E-state index >= 15 is 0 Å². The van der Waals surface area contributed by atoms with Gasteiger partial charge in [-0.2, -0.15) is 0 Å². The van der Waals surface area contributed by atoms with Crippen molar-refractivity contribution >= 4 is 49.0 Å². The Morgan fingerprint density at radius 1 is 0.390 bits per heavy atom. The third kappa shape index (κ3) is 18.1. The van der Waals surface area contributed by atoms with Crippen molar-refractivity contribution in [3.63, 3.8) is 0 Å². The Morgan fingerprint density at radius 3 is 0.878 bits per heavy atom. The highest BCUT2D eigenvalue weighted by atomic mass is 33.5. The molecule has 41 heavy (non-hydrogen) atoms. The van der Waals surface area contributed by atoms with Gasteiger partial charge in [0.05, 0.1) is 9.75 Å². The van der Waals surface area contributed by atoms with Crippen LogP contribution in [-0.2, 0) is 26.6 Å². The molecule has 0 aromatic heterocycles. The van der Waals surface area contributed by atoms with Crippen LogP contribution in [0, 0.1) is 0 Å². The molecule has 0 fully saturated rings. The Kier molecular flexibility index (Phi) is 29.6. The van der Waals surface area contributed by atoms with E-state index in [1.54, 1.807) is 52.5 Å². The highest BCUT2D eigenvalue weighted by Crippen LogP contribution is 2.48. The molecule has 0 heterocycles. The molecule has 2 unspecified atom stereocenters. The Bertz CT molecular complexity index is 498. The first-order valence-corrected chi connectivity index (χ1v) is 23.5. The molecule has 6 nitrogen and oxygen atoms in total. The van der Waals surface area contributed by atoms with Gasteiger partial charge in [-0.15, -0.1) is 0 Å². The summed E-state index contributed by atoms with van der Waals surface area (Å²) in [6, 6.07) is 0. The molecule has 248 valence electrons. The molecule has 0 aliphatic carbocycles. The summed E-state index contributed by atoms with van der Waals surface area (Å²) in [4.78, 5) is 0.336. The fourth-order valence-electron chi connectivity index (χ4n) is 5.25. The first kappa shape index (κ1) is 42.2. The summed E-state index contributed by atoms with van der Waals surface area (Å²) in [6.07, 6.45) is 25.8. The van der Waals surface area contributed by atoms with Crippen LogP contribution in [0.1, 0.15) is 142 Å². The number of hydrogen-bond donors (Lipinski definition) is 0. The first-order valence-electron chi connectivity index (χ1n) is 16.3. The molecule has 0 saturated heterocycles. The second kappa shape index (κ2) is 28.7. The zero-order valence-corrected chi connectivity index (χ0v) is 32.4. The van der Waals surface area contributed by atoms with Gasteiger partial charge < -0.3 is 26.6 Å². The minimum atomic E-state index is -2.79. The largest absolute Gasteiger partial charge is 0.514 e. The third-order valence-electron chi connectivity index (χ3n) is 7.95. The molecule has 2 atom stereocenters. The Labute approximate surface area is 269 Å². The average molecular weight is 675 g/mol. The third-order valence-corrected chi connectivity index (χ3v) is 21.4. The summed E-state index contributed by atoms with van der Waals surface area (Å²) in [5, 5.41) is 0. The van der Waals surface area contributed by atoms with E-state index in [2.05, 4.69) is 13.8 Å². The zero-order chi connectivity index (χ0) is 30.7. The van der Waals surface area contributed by atoms with Gasteiger partial charge in [0.15, 0.2) is 0 Å². The Balaban J connectivity index is 4.94. The summed E-state index contributed by atoms with van der Waals surface area (Å²) >= 11 is 0. The van der Waals surface area contributed by atoms with Gasteiger partial charge in [-0.05, 0) is 22.7 Å². The average Bonchev–Trinajstić information content (AvgIpc) is 3.00. The maximum absolute atomic E-state index is 5.94. The van der Waals surface area contributed by atoms with Gasteiger partial charge in [-0.1, -0.05) is 151 Å². The molecular weight excluding hydrogens is 609 g/mol. The monoisotopic (exact) mass is 674 g/mol. The van der Waals surface area contributed by atoms with E-state index < -0.39 is 17.6 Å². The van der Waals surface area contributed by atoms with Crippen molar-refractivity contribution in [2.45, 2.75) is 152 Å². The van der Waals surface area contributed by atoms with E-state index in [0.717, 1.165) is 25.7 Å². The van der Waals surface area contributed by atoms with Crippen molar-refractivity contribution in [1.29, 1.82) is 0 Å². The van der Waals surface area contributed by atoms with Crippen LogP contribution in [0.3, 0.4) is 0 Å². The van der Waals surface area contributed by atoms with Gasteiger partial charge in [0.1, 0.15) is 0 Å². The van der Waals surface area contributed by atoms with Crippen LogP contribution in [0.4, 0.5) is 0 Å². The Hall–Kier alpha value is 1.24. The molecule has 0 saturated carbocycles. The van der Waals surface area contributed by atoms with Gasteiger partial charge in [-0.3, -0.25) is 0 Å². The van der Waals surface area contributed by atoms with Crippen molar-refractivity contribution in [2.24, 2.45) is 0 Å². The van der Waals surface area contributed by atoms with Crippen molar-refractivity contribution in [3.8, 4) is 0 Å². The lowest BCUT2D eigenvalue weighted by molar-refractivity contribution is 0.120. The van der Waals surface area contributed by atoms with Crippen LogP contribution in [-0.4, -0.2) is 70.0 Å². The molecule has 0 aromatic rings. The summed E-state index contributed by atoms with van der Waals surface area (Å²) in [5.41, 5.74) is 0. The molecule has 0 aliphatic heterocycles. The maximum atomic E-state index is 5.94. The fraction of sp³-hybridized carbons (Fsp3) is 1.00. The Morgan fingerprint density at radius 2 is 0.634 bits per heavy atom. The van der Waals surface area contributed by atoms with Crippen molar-refractivity contribution in [1.82, 2.24) is 0 Å². The van der Waals surface area contributed by atoms with Crippen molar-refractivity contribution in [3.05, 3.63) is 0 Å². The predicted molar refractivity (Wildman–Crippen MR) is 188 cm³/mol. The standard InChI is InChI=1S/C30H66O6S3Si2/c1-9-11-13-15-17-19-21-23-25-27-29(40(31-3,32-4)33-5)37-39-38-30(41(34-6,35-7)36-8)28-26-24-22-20-18-16-14-12-10-2/h29-30H,9-28H2,1-8H3. The van der Waals surface area contributed by atoms with Crippen LogP contribution in [0.15, 0.2) is 0 Å². The molecule has 0 radical (unpaired) electrons. The van der Waals surface area contributed by atoms with E-state index in [4.69, 9.17) is 26.6 Å². The SMILES string of the molecule is CCCCCCCCCCCC(SSSC(CCCCCCCCCCC)[Si](OC)(OC)OC)[Si](OC)(OC)OC. The van der Waals surface area contributed by atoms with Crippen molar-refractivity contribution < 1.29 is 26.6 Å². The van der Waals surface area contributed by atoms with E-state index in [9.17, 15) is 0 Å². The van der Waals surface area contributed by atoms with Crippen LogP contribution in [0.5, 0.6) is 0 Å². The first-order chi connectivity index (χ1) is 20.0. The van der Waals surface area contributed by atoms with Crippen molar-refractivity contribution in [2.75, 3.05) is 42.7 Å². The smallest absolute Gasteiger partial charge is 0.376 e. The van der Waals surface area contributed by atoms with Gasteiger partial charge in [0.2, 0.25) is 0 Å². The van der Waals surface area contributed by atoms with Crippen LogP contribution < -0.4 is 0 Å². The summed E-state index contributed by atoms with van der Waals surface area (Å²) in [6.45, 7) is 4.55. The lowest BCUT2D eigenvalue weighted by Gasteiger charge is -2.33. The quantitative estimate of drug-likeness (QED) is 0.0394. The number of rotatable bonds is 32. The fourth-order valence-corrected chi connectivity index (χ4v) is 20.0. The van der Waals surface area contributed by atoms with E-state index in [-0.39, 0.29) is 9.75 Å². The van der Waals surface area contributed by atoms with E-state index in [1.165, 1.54) is 103 Å². The minimum Gasteiger partial charge on any atom is -0.376 e. The molecular formula is C30H66O6S3Si2. The molecule has 0 spiro atoms. The highest BCUT2D eigenvalue weighted by molar-refractivity contribution is 9.09. The lowest BCUT2D eigenvalue weighted by atomic mass is 10.1. The molecule has 0 N–H and O–H groups in total. The lowest BCUT2D eigenvalue weighted by Crippen LogP contribution is -2.53. The molecule has 0 aromatic carbocycles. The second-order valence-electron chi connectivity index (χ2n) is 10.9. The summed E-state index contributed by atoms with van der Waals surface area (Å²) in [5.74, 6) is 0. The molecule has 0 rings (SSSR count). The molecule has 11 heteroatoms. The molecule has 0 bridgehead atoms. The molecule has 0 aliphatic rings. The normalized spacial score (nSPS) is 14.0. The van der Waals surface area contributed by atoms with E-state index in [1.807, 2.05) is 21.6 Å². The van der Waals surface area contributed by atoms with Gasteiger partial charge in [-0.25, -0.2) is 0 Å².